The minimum atomic E-state index is 0.300. The second-order valence-electron chi connectivity index (χ2n) is 12.5. The van der Waals surface area contributed by atoms with Crippen molar-refractivity contribution in [2.75, 3.05) is 0 Å². The van der Waals surface area contributed by atoms with Crippen molar-refractivity contribution in [3.8, 4) is 33.4 Å². The normalized spacial score (nSPS) is 14.6. The molecule has 0 saturated heterocycles. The summed E-state index contributed by atoms with van der Waals surface area (Å²) < 4.78 is 1.51. The Morgan fingerprint density at radius 2 is 1.43 bits per heavy atom. The maximum absolute atomic E-state index is 3.65. The third-order valence-corrected chi connectivity index (χ3v) is 7.55. The van der Waals surface area contributed by atoms with Crippen molar-refractivity contribution in [2.45, 2.75) is 67.2 Å². The van der Waals surface area contributed by atoms with E-state index >= 15 is 0 Å². The average Bonchev–Trinajstić information content (AvgIpc) is 3.61. The molecule has 1 unspecified atom stereocenters. The molecule has 4 aromatic carbocycles. The molecule has 0 N–H and O–H groups in total. The van der Waals surface area contributed by atoms with Gasteiger partial charge in [0.05, 0.1) is 0 Å². The molecule has 2 aliphatic rings. The summed E-state index contributed by atoms with van der Waals surface area (Å²) in [6.45, 7) is 13.3. The van der Waals surface area contributed by atoms with Crippen molar-refractivity contribution < 1.29 is 24.2 Å². The summed E-state index contributed by atoms with van der Waals surface area (Å²) in [4.78, 5) is 0. The van der Waals surface area contributed by atoms with Gasteiger partial charge in [-0.05, 0) is 23.1 Å². The Morgan fingerprint density at radius 1 is 0.810 bits per heavy atom. The average molecular weight is 628 g/mol. The molecule has 0 aromatic heterocycles. The number of fused-ring (bicyclic) bond motifs is 3. The van der Waals surface area contributed by atoms with Gasteiger partial charge in [-0.15, -0.1) is 29.3 Å². The van der Waals surface area contributed by atoms with Crippen LogP contribution in [0.15, 0.2) is 109 Å². The van der Waals surface area contributed by atoms with Crippen molar-refractivity contribution in [1.29, 1.82) is 0 Å². The van der Waals surface area contributed by atoms with Crippen LogP contribution >= 0.6 is 0 Å². The molecule has 0 amide bonds. The van der Waals surface area contributed by atoms with Gasteiger partial charge >= 0.3 is 41.3 Å². The molecule has 6 rings (SSSR count). The third-order valence-electron chi connectivity index (χ3n) is 7.55. The van der Waals surface area contributed by atoms with Gasteiger partial charge in [0.25, 0.3) is 0 Å². The van der Waals surface area contributed by atoms with Gasteiger partial charge in [0.15, 0.2) is 0 Å². The van der Waals surface area contributed by atoms with Gasteiger partial charge < -0.3 is 0 Å². The van der Waals surface area contributed by atoms with Crippen LogP contribution in [0.5, 0.6) is 0 Å². The number of allylic oxidation sites excluding steroid dienone is 4. The summed E-state index contributed by atoms with van der Waals surface area (Å²) >= 11 is 1.55. The fraction of sp³-hybridized carbons (Fsp3) is 0.293. The van der Waals surface area contributed by atoms with E-state index in [-0.39, 0.29) is 0 Å². The summed E-state index contributed by atoms with van der Waals surface area (Å²) in [6, 6.07) is 36.0. The summed E-state index contributed by atoms with van der Waals surface area (Å²) in [6.07, 6.45) is 12.8. The number of hydrogen-bond donors (Lipinski definition) is 0. The van der Waals surface area contributed by atoms with Crippen molar-refractivity contribution in [2.24, 2.45) is 11.3 Å². The van der Waals surface area contributed by atoms with Crippen LogP contribution in [-0.4, -0.2) is 3.21 Å². The van der Waals surface area contributed by atoms with Gasteiger partial charge in [-0.2, -0.15) is 11.6 Å². The van der Waals surface area contributed by atoms with E-state index in [0.717, 1.165) is 6.42 Å². The van der Waals surface area contributed by atoms with E-state index in [0.29, 0.717) is 11.3 Å². The molecule has 0 fully saturated rings. The first kappa shape index (κ1) is 32.0. The zero-order valence-corrected chi connectivity index (χ0v) is 28.7. The monoisotopic (exact) mass is 626 g/mol. The summed E-state index contributed by atoms with van der Waals surface area (Å²) in [5.74, 6) is 0.592. The molecule has 4 aromatic rings. The largest absolute Gasteiger partial charge is 0.143 e. The number of benzene rings is 4. The van der Waals surface area contributed by atoms with Crippen LogP contribution < -0.4 is 0 Å². The smallest absolute Gasteiger partial charge is 0.0181 e. The van der Waals surface area contributed by atoms with Crippen LogP contribution in [0.2, 0.25) is 0 Å². The summed E-state index contributed by atoms with van der Waals surface area (Å²) in [5, 5.41) is 0. The van der Waals surface area contributed by atoms with Crippen LogP contribution in [0.25, 0.3) is 33.4 Å². The van der Waals surface area contributed by atoms with E-state index in [1.807, 2.05) is 0 Å². The minimum absolute atomic E-state index is 0.300. The zero-order chi connectivity index (χ0) is 30.1. The molecule has 0 spiro atoms. The Kier molecular flexibility index (Phi) is 11.5. The van der Waals surface area contributed by atoms with Crippen LogP contribution in [0.4, 0.5) is 0 Å². The van der Waals surface area contributed by atoms with Crippen LogP contribution in [0.3, 0.4) is 0 Å². The van der Waals surface area contributed by atoms with Crippen molar-refractivity contribution >= 4 is 3.21 Å². The molecule has 212 valence electrons. The van der Waals surface area contributed by atoms with Gasteiger partial charge in [-0.25, -0.2) is 6.08 Å². The molecule has 0 bridgehead atoms. The Bertz CT molecular complexity index is 1440. The number of rotatable bonds is 5. The quantitative estimate of drug-likeness (QED) is 0.170. The zero-order valence-electron chi connectivity index (χ0n) is 26.2. The molecule has 0 heterocycles. The molecule has 42 heavy (non-hydrogen) atoms. The van der Waals surface area contributed by atoms with Crippen molar-refractivity contribution in [1.82, 2.24) is 0 Å². The Balaban J connectivity index is 0.000000201. The first-order chi connectivity index (χ1) is 20.2. The standard InChI is InChI=1S/C25H17.C13H21.C3H6.Zr/c1-3-7-18(8-4-1)20-11-13-24-22(15-20)17-23-16-21(12-14-25(23)24)19-9-5-2-6-10-19;1-5-6-7-11-8-9-12(10-11)13(2,3)4;1-3-2;/h1-15H,17H2;9-11H,5-7H2,1-4H3;1-2H3;/q2*-1;;+2. The Labute approximate surface area is 269 Å². The summed E-state index contributed by atoms with van der Waals surface area (Å²) in [5.41, 5.74) is 12.1. The molecular formula is C41H44Zr. The SMILES string of the molecule is CCCCC1[C-]=CC(C(C)(C)C)=C1.C[C](C)=[Zr+2].[c-]1c(-c2ccccc2)ccc2c1Cc1cc(-c3ccccc3)ccc1-2. The van der Waals surface area contributed by atoms with Crippen LogP contribution in [-0.2, 0) is 30.7 Å². The first-order valence-electron chi connectivity index (χ1n) is 15.3. The topological polar surface area (TPSA) is 0 Å². The molecule has 1 atom stereocenters. The van der Waals surface area contributed by atoms with E-state index in [4.69, 9.17) is 0 Å². The van der Waals surface area contributed by atoms with Gasteiger partial charge in [0, 0.05) is 0 Å². The Hall–Kier alpha value is -2.89. The minimum Gasteiger partial charge on any atom is -0.143 e. The van der Waals surface area contributed by atoms with E-state index in [1.54, 1.807) is 24.2 Å². The van der Waals surface area contributed by atoms with E-state index in [9.17, 15) is 0 Å². The van der Waals surface area contributed by atoms with Gasteiger partial charge in [0.1, 0.15) is 0 Å². The molecular weight excluding hydrogens is 584 g/mol. The summed E-state index contributed by atoms with van der Waals surface area (Å²) in [7, 11) is 0. The van der Waals surface area contributed by atoms with E-state index in [2.05, 4.69) is 157 Å². The van der Waals surface area contributed by atoms with E-state index < -0.39 is 0 Å². The number of hydrogen-bond acceptors (Lipinski definition) is 0. The Morgan fingerprint density at radius 3 is 2.02 bits per heavy atom. The third kappa shape index (κ3) is 8.81. The molecule has 0 saturated carbocycles. The van der Waals surface area contributed by atoms with Gasteiger partial charge in [-0.1, -0.05) is 154 Å². The maximum atomic E-state index is 3.65. The second-order valence-corrected chi connectivity index (χ2v) is 14.9. The number of unbranched alkanes of at least 4 members (excludes halogenated alkanes) is 1. The molecule has 0 nitrogen and oxygen atoms in total. The first-order valence-corrected chi connectivity index (χ1v) is 16.5. The van der Waals surface area contributed by atoms with Crippen LogP contribution in [0.1, 0.15) is 71.9 Å². The second kappa shape index (κ2) is 15.0. The predicted octanol–water partition coefficient (Wildman–Crippen LogP) is 11.3. The predicted molar refractivity (Wildman–Crippen MR) is 179 cm³/mol. The molecule has 0 aliphatic heterocycles. The van der Waals surface area contributed by atoms with Crippen molar-refractivity contribution in [3.63, 3.8) is 0 Å². The molecule has 1 heteroatoms. The molecule has 0 radical (unpaired) electrons. The van der Waals surface area contributed by atoms with Crippen LogP contribution in [0, 0.1) is 23.5 Å². The fourth-order valence-electron chi connectivity index (χ4n) is 5.29. The van der Waals surface area contributed by atoms with Gasteiger partial charge in [-0.3, -0.25) is 6.08 Å². The fourth-order valence-corrected chi connectivity index (χ4v) is 5.29. The van der Waals surface area contributed by atoms with Crippen molar-refractivity contribution in [3.05, 3.63) is 132 Å². The maximum Gasteiger partial charge on any atom is -0.0181 e. The molecule has 2 aliphatic carbocycles. The van der Waals surface area contributed by atoms with Gasteiger partial charge in [0.2, 0.25) is 0 Å². The van der Waals surface area contributed by atoms with E-state index in [1.165, 1.54) is 72.5 Å².